The molecule has 0 N–H and O–H groups in total. The second-order valence-corrected chi connectivity index (χ2v) is 1.71. The van der Waals surface area contributed by atoms with Gasteiger partial charge in [-0.15, -0.1) is 0 Å². The monoisotopic (exact) mass is 142 g/mol. The minimum Gasteiger partial charge on any atom is -0.463 e. The highest BCUT2D eigenvalue weighted by molar-refractivity contribution is 5.82. The van der Waals surface area contributed by atoms with Gasteiger partial charge in [-0.2, -0.15) is 0 Å². The second-order valence-electron chi connectivity index (χ2n) is 1.71. The van der Waals surface area contributed by atoms with Crippen molar-refractivity contribution in [1.82, 2.24) is 0 Å². The Kier molecular flexibility index (Phi) is 5.83. The summed E-state index contributed by atoms with van der Waals surface area (Å²) in [6, 6.07) is 0. The van der Waals surface area contributed by atoms with Crippen molar-refractivity contribution in [3.63, 3.8) is 0 Å². The summed E-state index contributed by atoms with van der Waals surface area (Å²) in [4.78, 5) is 10.4. The van der Waals surface area contributed by atoms with Gasteiger partial charge in [0.2, 0.25) is 0 Å². The van der Waals surface area contributed by atoms with Crippen molar-refractivity contribution >= 4 is 5.97 Å². The minimum atomic E-state index is -0.206. The van der Waals surface area contributed by atoms with Crippen LogP contribution in [-0.4, -0.2) is 12.6 Å². The zero-order chi connectivity index (χ0) is 7.82. The van der Waals surface area contributed by atoms with Crippen molar-refractivity contribution in [1.29, 1.82) is 0 Å². The number of esters is 1. The van der Waals surface area contributed by atoms with Crippen molar-refractivity contribution in [2.75, 3.05) is 6.61 Å². The van der Waals surface area contributed by atoms with Crippen molar-refractivity contribution in [3.05, 3.63) is 12.2 Å². The molecule has 0 radical (unpaired) electrons. The molecular weight excluding hydrogens is 128 g/mol. The fourth-order valence-corrected chi connectivity index (χ4v) is 0.602. The highest BCUT2D eigenvalue weighted by atomic mass is 16.5. The lowest BCUT2D eigenvalue weighted by Crippen LogP contribution is -1.98. The highest BCUT2D eigenvalue weighted by Gasteiger charge is 1.98. The summed E-state index contributed by atoms with van der Waals surface area (Å²) in [5.74, 6) is -0.206. The van der Waals surface area contributed by atoms with E-state index >= 15 is 0 Å². The maximum absolute atomic E-state index is 10.4. The molecule has 0 fully saturated rings. The van der Waals surface area contributed by atoms with Gasteiger partial charge in [-0.25, -0.2) is 4.79 Å². The molecule has 2 heteroatoms. The van der Waals surface area contributed by atoms with Crippen LogP contribution in [0.2, 0.25) is 0 Å². The summed E-state index contributed by atoms with van der Waals surface area (Å²) < 4.78 is 4.68. The second kappa shape index (κ2) is 6.33. The largest absolute Gasteiger partial charge is 0.463 e. The minimum absolute atomic E-state index is 0.206. The quantitative estimate of drug-likeness (QED) is 0.483. The Labute approximate surface area is 61.9 Å². The molecule has 0 aromatic carbocycles. The van der Waals surface area contributed by atoms with Crippen molar-refractivity contribution in [2.24, 2.45) is 0 Å². The Morgan fingerprint density at radius 2 is 2.20 bits per heavy atom. The number of ether oxygens (including phenoxy) is 1. The Balaban J connectivity index is 0.000000371. The van der Waals surface area contributed by atoms with Crippen LogP contribution >= 0.6 is 0 Å². The third kappa shape index (κ3) is 4.13. The Hall–Kier alpha value is -0.790. The first-order chi connectivity index (χ1) is 4.89. The lowest BCUT2D eigenvalue weighted by Gasteiger charge is -1.93. The van der Waals surface area contributed by atoms with E-state index in [0.29, 0.717) is 6.61 Å². The zero-order valence-electron chi connectivity index (χ0n) is 6.59. The number of rotatable bonds is 0. The van der Waals surface area contributed by atoms with E-state index < -0.39 is 0 Å². The number of hydrogen-bond donors (Lipinski definition) is 0. The van der Waals surface area contributed by atoms with E-state index in [1.54, 1.807) is 0 Å². The van der Waals surface area contributed by atoms with Gasteiger partial charge < -0.3 is 4.74 Å². The van der Waals surface area contributed by atoms with Crippen LogP contribution in [0.5, 0.6) is 0 Å². The number of carbonyl (C=O) groups is 1. The molecule has 0 saturated carbocycles. The number of carbonyl (C=O) groups excluding carboxylic acids is 1. The van der Waals surface area contributed by atoms with E-state index in [0.717, 1.165) is 12.8 Å². The molecule has 2 nitrogen and oxygen atoms in total. The predicted molar refractivity (Wildman–Crippen MR) is 40.7 cm³/mol. The first-order valence-electron chi connectivity index (χ1n) is 3.73. The van der Waals surface area contributed by atoms with Gasteiger partial charge in [-0.1, -0.05) is 19.9 Å². The average molecular weight is 142 g/mol. The Morgan fingerprint density at radius 3 is 2.90 bits per heavy atom. The van der Waals surface area contributed by atoms with Gasteiger partial charge in [0.05, 0.1) is 6.61 Å². The van der Waals surface area contributed by atoms with E-state index in [4.69, 9.17) is 0 Å². The Morgan fingerprint density at radius 1 is 1.50 bits per heavy atom. The standard InChI is InChI=1S/C6H8O2.C2H6/c7-6-4-2-1-3-5-8-6;1-2/h2,4H,1,3,5H2;1-2H3. The van der Waals surface area contributed by atoms with E-state index in [2.05, 4.69) is 4.74 Å². The molecule has 0 aliphatic carbocycles. The van der Waals surface area contributed by atoms with Crippen LogP contribution in [0.15, 0.2) is 12.2 Å². The summed E-state index contributed by atoms with van der Waals surface area (Å²) >= 11 is 0. The summed E-state index contributed by atoms with van der Waals surface area (Å²) in [6.45, 7) is 4.58. The molecule has 0 spiro atoms. The third-order valence-corrected chi connectivity index (χ3v) is 1.01. The number of cyclic esters (lactones) is 1. The van der Waals surface area contributed by atoms with E-state index in [1.807, 2.05) is 19.9 Å². The van der Waals surface area contributed by atoms with Gasteiger partial charge in [-0.3, -0.25) is 0 Å². The normalized spacial score (nSPS) is 16.4. The van der Waals surface area contributed by atoms with Crippen molar-refractivity contribution in [2.45, 2.75) is 26.7 Å². The Bertz CT molecular complexity index is 116. The van der Waals surface area contributed by atoms with Crippen LogP contribution in [0.1, 0.15) is 26.7 Å². The number of hydrogen-bond acceptors (Lipinski definition) is 2. The zero-order valence-corrected chi connectivity index (χ0v) is 6.59. The molecule has 58 valence electrons. The molecule has 1 heterocycles. The molecule has 1 rings (SSSR count). The van der Waals surface area contributed by atoms with E-state index in [-0.39, 0.29) is 5.97 Å². The summed E-state index contributed by atoms with van der Waals surface area (Å²) in [5, 5.41) is 0. The summed E-state index contributed by atoms with van der Waals surface area (Å²) in [5.41, 5.74) is 0. The first kappa shape index (κ1) is 9.21. The van der Waals surface area contributed by atoms with Crippen molar-refractivity contribution < 1.29 is 9.53 Å². The molecule has 10 heavy (non-hydrogen) atoms. The molecular formula is C8H14O2. The molecule has 1 aliphatic heterocycles. The lowest BCUT2D eigenvalue weighted by atomic mass is 10.3. The van der Waals surface area contributed by atoms with Gasteiger partial charge in [0, 0.05) is 6.08 Å². The maximum Gasteiger partial charge on any atom is 0.330 e. The van der Waals surface area contributed by atoms with Gasteiger partial charge in [0.25, 0.3) is 0 Å². The summed E-state index contributed by atoms with van der Waals surface area (Å²) in [6.07, 6.45) is 5.25. The molecule has 0 saturated heterocycles. The van der Waals surface area contributed by atoms with Crippen LogP contribution in [0.3, 0.4) is 0 Å². The number of allylic oxidation sites excluding steroid dienone is 1. The average Bonchev–Trinajstić information content (AvgIpc) is 2.21. The van der Waals surface area contributed by atoms with Crippen LogP contribution in [-0.2, 0) is 9.53 Å². The fourth-order valence-electron chi connectivity index (χ4n) is 0.602. The molecule has 0 amide bonds. The highest BCUT2D eigenvalue weighted by Crippen LogP contribution is 1.97. The van der Waals surface area contributed by atoms with Gasteiger partial charge >= 0.3 is 5.97 Å². The van der Waals surface area contributed by atoms with E-state index in [1.165, 1.54) is 6.08 Å². The van der Waals surface area contributed by atoms with Gasteiger partial charge in [0.1, 0.15) is 0 Å². The topological polar surface area (TPSA) is 26.3 Å². The fraction of sp³-hybridized carbons (Fsp3) is 0.625. The molecule has 0 atom stereocenters. The molecule has 0 bridgehead atoms. The maximum atomic E-state index is 10.4. The third-order valence-electron chi connectivity index (χ3n) is 1.01. The molecule has 0 aromatic rings. The molecule has 0 unspecified atom stereocenters. The smallest absolute Gasteiger partial charge is 0.330 e. The van der Waals surface area contributed by atoms with Crippen LogP contribution in [0.25, 0.3) is 0 Å². The van der Waals surface area contributed by atoms with Crippen LogP contribution in [0, 0.1) is 0 Å². The first-order valence-corrected chi connectivity index (χ1v) is 3.73. The van der Waals surface area contributed by atoms with Crippen LogP contribution < -0.4 is 0 Å². The SMILES string of the molecule is CC.O=C1C=CCCCO1. The van der Waals surface area contributed by atoms with Gasteiger partial charge in [-0.05, 0) is 12.8 Å². The van der Waals surface area contributed by atoms with Gasteiger partial charge in [0.15, 0.2) is 0 Å². The summed E-state index contributed by atoms with van der Waals surface area (Å²) in [7, 11) is 0. The van der Waals surface area contributed by atoms with Crippen molar-refractivity contribution in [3.8, 4) is 0 Å². The van der Waals surface area contributed by atoms with Crippen LogP contribution in [0.4, 0.5) is 0 Å². The molecule has 1 aliphatic rings. The lowest BCUT2D eigenvalue weighted by molar-refractivity contribution is -0.137. The predicted octanol–water partition coefficient (Wildman–Crippen LogP) is 1.91. The van der Waals surface area contributed by atoms with E-state index in [9.17, 15) is 4.79 Å². The molecule has 0 aromatic heterocycles.